The molecule has 0 saturated carbocycles. The summed E-state index contributed by atoms with van der Waals surface area (Å²) in [6.45, 7) is 0. The number of benzene rings is 2. The highest BCUT2D eigenvalue weighted by Gasteiger charge is 2.17. The maximum atomic E-state index is 13.8. The van der Waals surface area contributed by atoms with E-state index in [0.29, 0.717) is 12.0 Å². The Morgan fingerprint density at radius 1 is 1.10 bits per heavy atom. The molecule has 1 N–H and O–H groups in total. The van der Waals surface area contributed by atoms with Crippen molar-refractivity contribution in [2.75, 3.05) is 7.05 Å². The van der Waals surface area contributed by atoms with Gasteiger partial charge in [0.1, 0.15) is 5.82 Å². The molecule has 0 bridgehead atoms. The summed E-state index contributed by atoms with van der Waals surface area (Å²) in [6, 6.07) is 7.96. The Kier molecular flexibility index (Phi) is 4.68. The van der Waals surface area contributed by atoms with Crippen molar-refractivity contribution >= 4 is 11.6 Å². The van der Waals surface area contributed by atoms with Crippen LogP contribution in [-0.4, -0.2) is 7.05 Å². The van der Waals surface area contributed by atoms with E-state index in [4.69, 9.17) is 11.6 Å². The van der Waals surface area contributed by atoms with Crippen molar-refractivity contribution in [2.24, 2.45) is 0 Å². The van der Waals surface area contributed by atoms with Gasteiger partial charge in [0.25, 0.3) is 0 Å². The first-order valence-corrected chi connectivity index (χ1v) is 6.46. The van der Waals surface area contributed by atoms with Gasteiger partial charge in [0.05, 0.1) is 5.02 Å². The van der Waals surface area contributed by atoms with E-state index in [1.54, 1.807) is 13.1 Å². The summed E-state index contributed by atoms with van der Waals surface area (Å²) >= 11 is 5.61. The lowest BCUT2D eigenvalue weighted by Crippen LogP contribution is -2.20. The average Bonchev–Trinajstić information content (AvgIpc) is 2.43. The van der Waals surface area contributed by atoms with Crippen LogP contribution in [0.2, 0.25) is 5.02 Å². The van der Waals surface area contributed by atoms with Crippen LogP contribution in [0.3, 0.4) is 0 Å². The molecule has 0 amide bonds. The lowest BCUT2D eigenvalue weighted by atomic mass is 9.98. The third-order valence-corrected chi connectivity index (χ3v) is 3.44. The van der Waals surface area contributed by atoms with Crippen molar-refractivity contribution in [3.8, 4) is 0 Å². The van der Waals surface area contributed by atoms with E-state index >= 15 is 0 Å². The Bertz CT molecular complexity index is 616. The topological polar surface area (TPSA) is 12.0 Å². The molecule has 1 atom stereocenters. The van der Waals surface area contributed by atoms with Crippen LogP contribution in [0.1, 0.15) is 17.2 Å². The first-order valence-electron chi connectivity index (χ1n) is 6.08. The molecule has 0 aliphatic rings. The van der Waals surface area contributed by atoms with Crippen LogP contribution >= 0.6 is 11.6 Å². The van der Waals surface area contributed by atoms with Gasteiger partial charge in [0.15, 0.2) is 11.6 Å². The van der Waals surface area contributed by atoms with Gasteiger partial charge in [-0.25, -0.2) is 13.2 Å². The van der Waals surface area contributed by atoms with Crippen LogP contribution in [0.4, 0.5) is 13.2 Å². The molecule has 0 heterocycles. The van der Waals surface area contributed by atoms with E-state index in [-0.39, 0.29) is 10.6 Å². The van der Waals surface area contributed by atoms with E-state index in [0.717, 1.165) is 6.07 Å². The number of hydrogen-bond acceptors (Lipinski definition) is 1. The third kappa shape index (κ3) is 3.14. The quantitative estimate of drug-likeness (QED) is 0.889. The summed E-state index contributed by atoms with van der Waals surface area (Å²) in [4.78, 5) is 0. The standard InChI is InChI=1S/C15H13ClF3N/c1-20-14(10-3-2-4-12(17)15(10)19)8-9-5-6-11(16)13(18)7-9/h2-7,14,20H,8H2,1H3. The van der Waals surface area contributed by atoms with Gasteiger partial charge in [-0.15, -0.1) is 0 Å². The molecule has 106 valence electrons. The second-order valence-electron chi connectivity index (χ2n) is 4.44. The van der Waals surface area contributed by atoms with Crippen LogP contribution in [0, 0.1) is 17.5 Å². The molecule has 2 aromatic carbocycles. The summed E-state index contributed by atoms with van der Waals surface area (Å²) < 4.78 is 40.4. The zero-order valence-corrected chi connectivity index (χ0v) is 11.5. The lowest BCUT2D eigenvalue weighted by Gasteiger charge is -2.18. The SMILES string of the molecule is CNC(Cc1ccc(Cl)c(F)c1)c1cccc(F)c1F. The second-order valence-corrected chi connectivity index (χ2v) is 4.84. The van der Waals surface area contributed by atoms with Crippen molar-refractivity contribution < 1.29 is 13.2 Å². The van der Waals surface area contributed by atoms with Gasteiger partial charge in [-0.3, -0.25) is 0 Å². The average molecular weight is 300 g/mol. The van der Waals surface area contributed by atoms with Crippen LogP contribution in [-0.2, 0) is 6.42 Å². The Morgan fingerprint density at radius 3 is 2.50 bits per heavy atom. The van der Waals surface area contributed by atoms with Crippen LogP contribution in [0.5, 0.6) is 0 Å². The van der Waals surface area contributed by atoms with Gasteiger partial charge in [0.2, 0.25) is 0 Å². The van der Waals surface area contributed by atoms with Gasteiger partial charge in [-0.2, -0.15) is 0 Å². The molecular weight excluding hydrogens is 287 g/mol. The Labute approximate surface area is 120 Å². The Hall–Kier alpha value is -1.52. The largest absolute Gasteiger partial charge is 0.313 e. The van der Waals surface area contributed by atoms with Gasteiger partial charge in [-0.1, -0.05) is 29.8 Å². The predicted octanol–water partition coefficient (Wildman–Crippen LogP) is 4.26. The van der Waals surface area contributed by atoms with E-state index in [1.807, 2.05) is 0 Å². The summed E-state index contributed by atoms with van der Waals surface area (Å²) in [5.41, 5.74) is 0.859. The molecule has 0 aromatic heterocycles. The molecule has 0 spiro atoms. The second kappa shape index (κ2) is 6.29. The molecule has 2 rings (SSSR count). The fraction of sp³-hybridized carbons (Fsp3) is 0.200. The van der Waals surface area contributed by atoms with Crippen LogP contribution < -0.4 is 5.32 Å². The number of nitrogens with one attached hydrogen (secondary N) is 1. The molecule has 5 heteroatoms. The highest BCUT2D eigenvalue weighted by atomic mass is 35.5. The minimum absolute atomic E-state index is 0.0340. The first kappa shape index (κ1) is 14.9. The maximum absolute atomic E-state index is 13.8. The molecule has 1 nitrogen and oxygen atoms in total. The number of rotatable bonds is 4. The highest BCUT2D eigenvalue weighted by molar-refractivity contribution is 6.30. The van der Waals surface area contributed by atoms with Gasteiger partial charge in [0, 0.05) is 11.6 Å². The van der Waals surface area contributed by atoms with Crippen molar-refractivity contribution in [3.63, 3.8) is 0 Å². The monoisotopic (exact) mass is 299 g/mol. The summed E-state index contributed by atoms with van der Waals surface area (Å²) in [5, 5.41) is 2.94. The summed E-state index contributed by atoms with van der Waals surface area (Å²) in [6.07, 6.45) is 0.324. The molecule has 0 fully saturated rings. The highest BCUT2D eigenvalue weighted by Crippen LogP contribution is 2.24. The predicted molar refractivity (Wildman–Crippen MR) is 73.3 cm³/mol. The zero-order valence-electron chi connectivity index (χ0n) is 10.8. The smallest absolute Gasteiger partial charge is 0.163 e. The molecule has 2 aromatic rings. The van der Waals surface area contributed by atoms with Gasteiger partial charge >= 0.3 is 0 Å². The molecule has 20 heavy (non-hydrogen) atoms. The molecule has 1 unspecified atom stereocenters. The van der Waals surface area contributed by atoms with E-state index in [2.05, 4.69) is 5.32 Å². The Balaban J connectivity index is 2.28. The Morgan fingerprint density at radius 2 is 1.85 bits per heavy atom. The minimum atomic E-state index is -0.898. The van der Waals surface area contributed by atoms with Crippen molar-refractivity contribution in [2.45, 2.75) is 12.5 Å². The third-order valence-electron chi connectivity index (χ3n) is 3.13. The van der Waals surface area contributed by atoms with Crippen LogP contribution in [0.15, 0.2) is 36.4 Å². The van der Waals surface area contributed by atoms with Crippen molar-refractivity contribution in [1.29, 1.82) is 0 Å². The minimum Gasteiger partial charge on any atom is -0.313 e. The van der Waals surface area contributed by atoms with Gasteiger partial charge < -0.3 is 5.32 Å². The number of halogens is 4. The number of hydrogen-bond donors (Lipinski definition) is 1. The van der Waals surface area contributed by atoms with Gasteiger partial charge in [-0.05, 0) is 37.2 Å². The normalized spacial score (nSPS) is 12.4. The zero-order chi connectivity index (χ0) is 14.7. The van der Waals surface area contributed by atoms with Crippen molar-refractivity contribution in [3.05, 3.63) is 70.0 Å². The molecular formula is C15H13ClF3N. The van der Waals surface area contributed by atoms with E-state index in [1.165, 1.54) is 24.3 Å². The fourth-order valence-electron chi connectivity index (χ4n) is 2.06. The summed E-state index contributed by atoms with van der Waals surface area (Å²) in [5.74, 6) is -2.31. The molecule has 0 aliphatic carbocycles. The lowest BCUT2D eigenvalue weighted by molar-refractivity contribution is 0.473. The molecule has 0 aliphatic heterocycles. The van der Waals surface area contributed by atoms with Crippen LogP contribution in [0.25, 0.3) is 0 Å². The van der Waals surface area contributed by atoms with Crippen molar-refractivity contribution in [1.82, 2.24) is 5.32 Å². The first-order chi connectivity index (χ1) is 9.52. The molecule has 0 saturated heterocycles. The summed E-state index contributed by atoms with van der Waals surface area (Å²) in [7, 11) is 1.64. The molecule has 0 radical (unpaired) electrons. The number of likely N-dealkylation sites (N-methyl/N-ethyl adjacent to an activating group) is 1. The maximum Gasteiger partial charge on any atom is 0.163 e. The van der Waals surface area contributed by atoms with E-state index in [9.17, 15) is 13.2 Å². The fourth-order valence-corrected chi connectivity index (χ4v) is 2.18. The van der Waals surface area contributed by atoms with E-state index < -0.39 is 23.5 Å².